The van der Waals surface area contributed by atoms with Gasteiger partial charge in [-0.1, -0.05) is 60.3 Å². The van der Waals surface area contributed by atoms with Crippen LogP contribution in [0.25, 0.3) is 0 Å². The molecule has 2 aliphatic rings. The molecule has 0 amide bonds. The van der Waals surface area contributed by atoms with Gasteiger partial charge in [-0.25, -0.2) is 0 Å². The van der Waals surface area contributed by atoms with Crippen molar-refractivity contribution in [1.82, 2.24) is 0 Å². The van der Waals surface area contributed by atoms with Crippen LogP contribution in [-0.4, -0.2) is 0 Å². The Morgan fingerprint density at radius 1 is 0.684 bits per heavy atom. The zero-order valence-corrected chi connectivity index (χ0v) is 14.1. The van der Waals surface area contributed by atoms with Crippen LogP contribution in [0, 0.1) is 28.6 Å². The highest BCUT2D eigenvalue weighted by Gasteiger charge is 2.41. The van der Waals surface area contributed by atoms with Gasteiger partial charge in [0, 0.05) is 0 Å². The highest BCUT2D eigenvalue weighted by molar-refractivity contribution is 4.92. The second-order valence-corrected chi connectivity index (χ2v) is 9.22. The van der Waals surface area contributed by atoms with Gasteiger partial charge in [-0.15, -0.1) is 0 Å². The topological polar surface area (TPSA) is 0 Å². The molecule has 4 atom stereocenters. The first kappa shape index (κ1) is 15.4. The van der Waals surface area contributed by atoms with Crippen LogP contribution >= 0.6 is 0 Å². The van der Waals surface area contributed by atoms with Crippen molar-refractivity contribution in [3.8, 4) is 0 Å². The van der Waals surface area contributed by atoms with E-state index in [0.717, 1.165) is 17.8 Å². The molecule has 0 radical (unpaired) electrons. The van der Waals surface area contributed by atoms with E-state index in [-0.39, 0.29) is 0 Å². The monoisotopic (exact) mass is 264 g/mol. The summed E-state index contributed by atoms with van der Waals surface area (Å²) in [6.45, 7) is 12.6. The summed E-state index contributed by atoms with van der Waals surface area (Å²) in [6.07, 6.45) is 13.3. The van der Waals surface area contributed by atoms with Gasteiger partial charge in [0.05, 0.1) is 0 Å². The lowest BCUT2D eigenvalue weighted by Crippen LogP contribution is -2.31. The molecule has 0 N–H and O–H groups in total. The highest BCUT2D eigenvalue weighted by Crippen LogP contribution is 2.53. The van der Waals surface area contributed by atoms with Gasteiger partial charge >= 0.3 is 0 Å². The third kappa shape index (κ3) is 4.23. The van der Waals surface area contributed by atoms with Crippen LogP contribution in [0.5, 0.6) is 0 Å². The Labute approximate surface area is 121 Å². The van der Waals surface area contributed by atoms with Crippen molar-refractivity contribution >= 4 is 0 Å². The molecule has 0 aliphatic heterocycles. The molecular formula is C19H36. The van der Waals surface area contributed by atoms with E-state index < -0.39 is 0 Å². The van der Waals surface area contributed by atoms with Crippen LogP contribution in [-0.2, 0) is 0 Å². The van der Waals surface area contributed by atoms with Crippen molar-refractivity contribution in [2.24, 2.45) is 28.6 Å². The van der Waals surface area contributed by atoms with Gasteiger partial charge < -0.3 is 0 Å². The lowest BCUT2D eigenvalue weighted by Gasteiger charge is -2.43. The normalized spacial score (nSPS) is 44.4. The largest absolute Gasteiger partial charge is 0.0625 e. The summed E-state index contributed by atoms with van der Waals surface area (Å²) in [5.74, 6) is 2.86. The summed E-state index contributed by atoms with van der Waals surface area (Å²) in [6, 6.07) is 0. The lowest BCUT2D eigenvalue weighted by atomic mass is 9.62. The minimum atomic E-state index is 0.576. The molecule has 0 nitrogen and oxygen atoms in total. The third-order valence-electron chi connectivity index (χ3n) is 6.05. The molecule has 19 heavy (non-hydrogen) atoms. The predicted octanol–water partition coefficient (Wildman–Crippen LogP) is 6.45. The molecule has 2 aliphatic carbocycles. The van der Waals surface area contributed by atoms with Crippen LogP contribution in [0.2, 0.25) is 0 Å². The van der Waals surface area contributed by atoms with Gasteiger partial charge in [-0.3, -0.25) is 0 Å². The molecule has 0 aromatic rings. The van der Waals surface area contributed by atoms with Crippen LogP contribution in [0.15, 0.2) is 0 Å². The SMILES string of the molecule is CC1CCC(C)CC2(CC1)CC(C)CCC(C)(C)C2. The summed E-state index contributed by atoms with van der Waals surface area (Å²) in [4.78, 5) is 0. The van der Waals surface area contributed by atoms with Crippen LogP contribution < -0.4 is 0 Å². The lowest BCUT2D eigenvalue weighted by molar-refractivity contribution is 0.0832. The molecule has 0 aromatic carbocycles. The maximum atomic E-state index is 2.53. The number of rotatable bonds is 0. The molecule has 0 saturated heterocycles. The average Bonchev–Trinajstić information content (AvgIpc) is 2.40. The van der Waals surface area contributed by atoms with E-state index in [4.69, 9.17) is 0 Å². The van der Waals surface area contributed by atoms with Crippen LogP contribution in [0.4, 0.5) is 0 Å². The van der Waals surface area contributed by atoms with Crippen molar-refractivity contribution in [2.45, 2.75) is 92.4 Å². The Morgan fingerprint density at radius 3 is 1.89 bits per heavy atom. The van der Waals surface area contributed by atoms with Crippen molar-refractivity contribution in [3.05, 3.63) is 0 Å². The first-order valence-electron chi connectivity index (χ1n) is 8.80. The van der Waals surface area contributed by atoms with Gasteiger partial charge in [0.25, 0.3) is 0 Å². The summed E-state index contributed by atoms with van der Waals surface area (Å²) in [5.41, 5.74) is 1.25. The van der Waals surface area contributed by atoms with Crippen molar-refractivity contribution in [1.29, 1.82) is 0 Å². The Bertz CT molecular complexity index is 290. The van der Waals surface area contributed by atoms with E-state index in [1.54, 1.807) is 0 Å². The van der Waals surface area contributed by atoms with Crippen LogP contribution in [0.3, 0.4) is 0 Å². The highest BCUT2D eigenvalue weighted by atomic mass is 14.5. The quantitative estimate of drug-likeness (QED) is 0.472. The zero-order chi connectivity index (χ0) is 14.1. The Kier molecular flexibility index (Phi) is 4.68. The fourth-order valence-corrected chi connectivity index (χ4v) is 5.21. The Morgan fingerprint density at radius 2 is 1.21 bits per heavy atom. The molecule has 2 fully saturated rings. The predicted molar refractivity (Wildman–Crippen MR) is 85.3 cm³/mol. The summed E-state index contributed by atoms with van der Waals surface area (Å²) in [5, 5.41) is 0. The van der Waals surface area contributed by atoms with Gasteiger partial charge in [-0.05, 0) is 60.7 Å². The molecule has 0 aromatic heterocycles. The van der Waals surface area contributed by atoms with E-state index in [9.17, 15) is 0 Å². The maximum absolute atomic E-state index is 2.53. The molecule has 0 bridgehead atoms. The van der Waals surface area contributed by atoms with E-state index in [1.165, 1.54) is 57.8 Å². The second-order valence-electron chi connectivity index (χ2n) is 9.22. The van der Waals surface area contributed by atoms with E-state index in [2.05, 4.69) is 34.6 Å². The molecule has 2 rings (SSSR count). The number of hydrogen-bond acceptors (Lipinski definition) is 0. The van der Waals surface area contributed by atoms with Crippen LogP contribution in [0.1, 0.15) is 92.4 Å². The minimum absolute atomic E-state index is 0.576. The Balaban J connectivity index is 2.19. The van der Waals surface area contributed by atoms with E-state index in [0.29, 0.717) is 10.8 Å². The molecule has 1 spiro atoms. The van der Waals surface area contributed by atoms with E-state index >= 15 is 0 Å². The van der Waals surface area contributed by atoms with Crippen molar-refractivity contribution in [3.63, 3.8) is 0 Å². The van der Waals surface area contributed by atoms with Crippen molar-refractivity contribution in [2.75, 3.05) is 0 Å². The van der Waals surface area contributed by atoms with Crippen molar-refractivity contribution < 1.29 is 0 Å². The standard InChI is InChI=1S/C19H36/c1-15-6-7-16(2)12-19(11-9-15)13-17(3)8-10-18(4,5)14-19/h15-17H,6-14H2,1-5H3. The molecule has 112 valence electrons. The molecule has 2 saturated carbocycles. The maximum Gasteiger partial charge on any atom is -0.0287 e. The first-order chi connectivity index (χ1) is 8.80. The zero-order valence-electron chi connectivity index (χ0n) is 14.1. The summed E-state index contributed by atoms with van der Waals surface area (Å²) >= 11 is 0. The minimum Gasteiger partial charge on any atom is -0.0625 e. The first-order valence-corrected chi connectivity index (χ1v) is 8.80. The van der Waals surface area contributed by atoms with Gasteiger partial charge in [-0.2, -0.15) is 0 Å². The molecule has 0 heterocycles. The summed E-state index contributed by atoms with van der Waals surface area (Å²) < 4.78 is 0. The molecule has 4 unspecified atom stereocenters. The van der Waals surface area contributed by atoms with Gasteiger partial charge in [0.1, 0.15) is 0 Å². The van der Waals surface area contributed by atoms with E-state index in [1.807, 2.05) is 0 Å². The Hall–Kier alpha value is 0. The third-order valence-corrected chi connectivity index (χ3v) is 6.05. The molecular weight excluding hydrogens is 228 g/mol. The fourth-order valence-electron chi connectivity index (χ4n) is 5.21. The summed E-state index contributed by atoms with van der Waals surface area (Å²) in [7, 11) is 0. The average molecular weight is 264 g/mol. The van der Waals surface area contributed by atoms with Gasteiger partial charge in [0.2, 0.25) is 0 Å². The number of hydrogen-bond donors (Lipinski definition) is 0. The van der Waals surface area contributed by atoms with Gasteiger partial charge in [0.15, 0.2) is 0 Å². The second kappa shape index (κ2) is 5.78. The smallest absolute Gasteiger partial charge is 0.0287 e. The fraction of sp³-hybridized carbons (Fsp3) is 1.00. The molecule has 0 heteroatoms.